The minimum Gasteiger partial charge on any atom is -0.348 e. The van der Waals surface area contributed by atoms with Crippen LogP contribution in [0.4, 0.5) is 0 Å². The van der Waals surface area contributed by atoms with E-state index >= 15 is 0 Å². The number of hydrogen-bond donors (Lipinski definition) is 1. The molecule has 1 aromatic carbocycles. The molecule has 0 unspecified atom stereocenters. The van der Waals surface area contributed by atoms with Crippen LogP contribution in [-0.4, -0.2) is 20.4 Å². The van der Waals surface area contributed by atoms with Crippen LogP contribution < -0.4 is 5.32 Å². The zero-order valence-electron chi connectivity index (χ0n) is 12.2. The highest BCUT2D eigenvalue weighted by molar-refractivity contribution is 8.13. The lowest BCUT2D eigenvalue weighted by molar-refractivity contribution is 0.0943. The van der Waals surface area contributed by atoms with Crippen LogP contribution in [-0.2, 0) is 9.05 Å². The number of hydrogen-bond acceptors (Lipinski definition) is 3. The van der Waals surface area contributed by atoms with Crippen molar-refractivity contribution in [3.63, 3.8) is 0 Å². The summed E-state index contributed by atoms with van der Waals surface area (Å²) in [6, 6.07) is 3.88. The number of rotatable bonds is 3. The third-order valence-corrected chi connectivity index (χ3v) is 6.26. The average molecular weight is 350 g/mol. The lowest BCUT2D eigenvalue weighted by Gasteiger charge is -2.08. The fraction of sp³-hybridized carbons (Fsp3) is 0.500. The molecule has 0 bridgehead atoms. The fourth-order valence-corrected chi connectivity index (χ4v) is 3.71. The van der Waals surface area contributed by atoms with Crippen LogP contribution >= 0.6 is 22.3 Å². The lowest BCUT2D eigenvalue weighted by atomic mass is 10.0. The first-order valence-electron chi connectivity index (χ1n) is 6.43. The molecule has 1 saturated carbocycles. The second-order valence-corrected chi connectivity index (χ2v) is 9.47. The largest absolute Gasteiger partial charge is 0.348 e. The Morgan fingerprint density at radius 3 is 2.10 bits per heavy atom. The molecule has 1 aliphatic carbocycles. The molecule has 21 heavy (non-hydrogen) atoms. The second kappa shape index (κ2) is 4.86. The summed E-state index contributed by atoms with van der Waals surface area (Å²) in [5, 5.41) is 3.07. The summed E-state index contributed by atoms with van der Waals surface area (Å²) in [5.41, 5.74) is 0.158. The first-order valence-corrected chi connectivity index (χ1v) is 9.12. The summed E-state index contributed by atoms with van der Waals surface area (Å²) < 4.78 is 22.8. The van der Waals surface area contributed by atoms with E-state index in [1.165, 1.54) is 18.2 Å². The molecule has 0 spiro atoms. The maximum Gasteiger partial charge on any atom is 0.261 e. The molecule has 2 rings (SSSR count). The van der Waals surface area contributed by atoms with E-state index in [4.69, 9.17) is 22.3 Å². The Morgan fingerprint density at radius 2 is 1.67 bits per heavy atom. The molecule has 1 amide bonds. The summed E-state index contributed by atoms with van der Waals surface area (Å²) in [6.45, 7) is 8.30. The average Bonchev–Trinajstić information content (AvgIpc) is 2.69. The van der Waals surface area contributed by atoms with Crippen LogP contribution in [0.2, 0.25) is 5.02 Å². The van der Waals surface area contributed by atoms with Gasteiger partial charge in [-0.25, -0.2) is 8.42 Å². The van der Waals surface area contributed by atoms with Crippen molar-refractivity contribution in [2.45, 2.75) is 38.6 Å². The van der Waals surface area contributed by atoms with Crippen molar-refractivity contribution < 1.29 is 13.2 Å². The van der Waals surface area contributed by atoms with Crippen molar-refractivity contribution in [3.05, 3.63) is 28.8 Å². The molecule has 116 valence electrons. The lowest BCUT2D eigenvalue weighted by Crippen LogP contribution is -2.29. The second-order valence-electron chi connectivity index (χ2n) is 6.46. The van der Waals surface area contributed by atoms with Gasteiger partial charge in [0.2, 0.25) is 0 Å². The molecular formula is C14H17Cl2NO3S. The van der Waals surface area contributed by atoms with Crippen molar-refractivity contribution in [1.82, 2.24) is 5.32 Å². The third kappa shape index (κ3) is 2.91. The highest BCUT2D eigenvalue weighted by atomic mass is 35.7. The van der Waals surface area contributed by atoms with E-state index in [9.17, 15) is 13.2 Å². The molecule has 1 aromatic rings. The quantitative estimate of drug-likeness (QED) is 0.850. The smallest absolute Gasteiger partial charge is 0.261 e. The molecule has 0 aliphatic heterocycles. The van der Waals surface area contributed by atoms with E-state index in [0.717, 1.165) is 0 Å². The van der Waals surface area contributed by atoms with Gasteiger partial charge in [0, 0.05) is 27.3 Å². The van der Waals surface area contributed by atoms with Gasteiger partial charge < -0.3 is 5.32 Å². The highest BCUT2D eigenvalue weighted by Gasteiger charge is 2.65. The van der Waals surface area contributed by atoms with E-state index in [0.29, 0.717) is 0 Å². The number of nitrogens with one attached hydrogen (secondary N) is 1. The van der Waals surface area contributed by atoms with E-state index in [1.807, 2.05) is 0 Å². The molecular weight excluding hydrogens is 333 g/mol. The highest BCUT2D eigenvalue weighted by Crippen LogP contribution is 2.62. The predicted octanol–water partition coefficient (Wildman–Crippen LogP) is 3.43. The van der Waals surface area contributed by atoms with Gasteiger partial charge in [-0.3, -0.25) is 4.79 Å². The maximum atomic E-state index is 12.3. The van der Waals surface area contributed by atoms with Gasteiger partial charge >= 0.3 is 0 Å². The Balaban J connectivity index is 2.28. The van der Waals surface area contributed by atoms with Crippen LogP contribution in [0, 0.1) is 10.8 Å². The molecule has 1 fully saturated rings. The van der Waals surface area contributed by atoms with Gasteiger partial charge in [-0.05, 0) is 29.0 Å². The number of benzene rings is 1. The van der Waals surface area contributed by atoms with Crippen LogP contribution in [0.1, 0.15) is 38.1 Å². The minimum absolute atomic E-state index is 0.0113. The molecule has 1 aliphatic rings. The topological polar surface area (TPSA) is 63.2 Å². The van der Waals surface area contributed by atoms with E-state index in [1.54, 1.807) is 0 Å². The summed E-state index contributed by atoms with van der Waals surface area (Å²) in [7, 11) is 1.37. The molecule has 0 aromatic heterocycles. The van der Waals surface area contributed by atoms with Gasteiger partial charge in [-0.1, -0.05) is 39.3 Å². The fourth-order valence-electron chi connectivity index (χ4n) is 2.61. The number of carbonyl (C=O) groups is 1. The molecule has 0 heterocycles. The summed E-state index contributed by atoms with van der Waals surface area (Å²) >= 11 is 5.86. The zero-order chi connectivity index (χ0) is 16.2. The molecule has 1 N–H and O–H groups in total. The number of halogens is 2. The monoisotopic (exact) mass is 349 g/mol. The van der Waals surface area contributed by atoms with Gasteiger partial charge in [0.15, 0.2) is 0 Å². The Kier molecular flexibility index (Phi) is 3.84. The van der Waals surface area contributed by atoms with Gasteiger partial charge in [0.25, 0.3) is 15.0 Å². The molecule has 0 saturated heterocycles. The van der Waals surface area contributed by atoms with Crippen molar-refractivity contribution in [1.29, 1.82) is 0 Å². The van der Waals surface area contributed by atoms with Crippen LogP contribution in [0.3, 0.4) is 0 Å². The normalized spacial score (nSPS) is 20.1. The molecule has 0 atom stereocenters. The predicted molar refractivity (Wildman–Crippen MR) is 83.3 cm³/mol. The van der Waals surface area contributed by atoms with Crippen molar-refractivity contribution in [3.8, 4) is 0 Å². The molecule has 7 heteroatoms. The van der Waals surface area contributed by atoms with Gasteiger partial charge in [-0.2, -0.15) is 0 Å². The van der Waals surface area contributed by atoms with E-state index in [2.05, 4.69) is 33.0 Å². The third-order valence-electron chi connectivity index (χ3n) is 4.71. The van der Waals surface area contributed by atoms with Crippen molar-refractivity contribution in [2.24, 2.45) is 10.8 Å². The molecule has 4 nitrogen and oxygen atoms in total. The standard InChI is InChI=1S/C14H17Cl2NO3S/c1-13(2)12(14(13,3)4)17-11(18)8-5-9(15)7-10(6-8)21(16,19)20/h5-7,12H,1-4H3,(H,17,18). The SMILES string of the molecule is CC1(C)C(NC(=O)c2cc(Cl)cc(S(=O)(=O)Cl)c2)C1(C)C. The van der Waals surface area contributed by atoms with E-state index < -0.39 is 9.05 Å². The summed E-state index contributed by atoms with van der Waals surface area (Å²) in [5.74, 6) is -0.359. The first-order chi connectivity index (χ1) is 9.37. The Bertz CT molecular complexity index is 697. The van der Waals surface area contributed by atoms with Gasteiger partial charge in [-0.15, -0.1) is 0 Å². The summed E-state index contributed by atoms with van der Waals surface area (Å²) in [6.07, 6.45) is 0. The Labute approximate surface area is 134 Å². The number of carbonyl (C=O) groups excluding carboxylic acids is 1. The van der Waals surface area contributed by atoms with Crippen LogP contribution in [0.25, 0.3) is 0 Å². The maximum absolute atomic E-state index is 12.3. The van der Waals surface area contributed by atoms with Crippen molar-refractivity contribution in [2.75, 3.05) is 0 Å². The van der Waals surface area contributed by atoms with Gasteiger partial charge in [0.05, 0.1) is 4.90 Å². The molecule has 0 radical (unpaired) electrons. The van der Waals surface area contributed by atoms with Crippen LogP contribution in [0.5, 0.6) is 0 Å². The van der Waals surface area contributed by atoms with E-state index in [-0.39, 0.29) is 38.3 Å². The zero-order valence-corrected chi connectivity index (χ0v) is 14.5. The van der Waals surface area contributed by atoms with Gasteiger partial charge in [0.1, 0.15) is 0 Å². The first kappa shape index (κ1) is 16.6. The Morgan fingerprint density at radius 1 is 1.14 bits per heavy atom. The van der Waals surface area contributed by atoms with Crippen LogP contribution in [0.15, 0.2) is 23.1 Å². The minimum atomic E-state index is -3.93. The van der Waals surface area contributed by atoms with Crippen molar-refractivity contribution >= 4 is 37.2 Å². The number of amides is 1. The Hall–Kier alpha value is -0.780. The summed E-state index contributed by atoms with van der Waals surface area (Å²) in [4.78, 5) is 12.1.